The van der Waals surface area contributed by atoms with Crippen molar-refractivity contribution >= 4 is 40.1 Å². The maximum absolute atomic E-state index is 15.0. The van der Waals surface area contributed by atoms with Crippen LogP contribution < -0.4 is 25.8 Å². The summed E-state index contributed by atoms with van der Waals surface area (Å²) in [5, 5.41) is 13.5. The summed E-state index contributed by atoms with van der Waals surface area (Å²) in [7, 11) is 1.35. The van der Waals surface area contributed by atoms with Crippen molar-refractivity contribution < 1.29 is 33.0 Å². The van der Waals surface area contributed by atoms with E-state index in [9.17, 15) is 23.5 Å². The molecular weight excluding hydrogens is 474 g/mol. The van der Waals surface area contributed by atoms with Crippen LogP contribution in [-0.4, -0.2) is 41.3 Å². The summed E-state index contributed by atoms with van der Waals surface area (Å²) in [4.78, 5) is 28.0. The first-order valence-electron chi connectivity index (χ1n) is 9.79. The monoisotopic (exact) mass is 494 g/mol. The lowest BCUT2D eigenvalue weighted by atomic mass is 10.1. The fourth-order valence-electron chi connectivity index (χ4n) is 2.97. The lowest BCUT2D eigenvalue weighted by Gasteiger charge is -2.24. The van der Waals surface area contributed by atoms with E-state index >= 15 is 0 Å². The first-order chi connectivity index (χ1) is 16.0. The molecule has 0 spiro atoms. The molecule has 0 unspecified atom stereocenters. The highest BCUT2D eigenvalue weighted by molar-refractivity contribution is 6.34. The third-order valence-electron chi connectivity index (χ3n) is 4.71. The van der Waals surface area contributed by atoms with E-state index in [1.165, 1.54) is 31.5 Å². The van der Waals surface area contributed by atoms with Gasteiger partial charge in [-0.25, -0.2) is 13.6 Å². The number of benzene rings is 2. The van der Waals surface area contributed by atoms with Crippen molar-refractivity contribution in [1.82, 2.24) is 10.3 Å². The molecular formula is C22H21ClF2N4O5. The van der Waals surface area contributed by atoms with Gasteiger partial charge in [-0.15, -0.1) is 0 Å². The molecule has 0 bridgehead atoms. The number of fused-ring (bicyclic) bond motifs is 1. The average molecular weight is 495 g/mol. The number of aliphatic hydroxyl groups is 1. The molecule has 0 aliphatic carbocycles. The molecule has 9 nitrogen and oxygen atoms in total. The molecule has 34 heavy (non-hydrogen) atoms. The van der Waals surface area contributed by atoms with Gasteiger partial charge in [-0.1, -0.05) is 11.6 Å². The topological polar surface area (TPSA) is 136 Å². The Balaban J connectivity index is 1.99. The molecule has 1 heterocycles. The zero-order chi connectivity index (χ0) is 25.2. The Morgan fingerprint density at radius 1 is 1.24 bits per heavy atom. The van der Waals surface area contributed by atoms with Crippen LogP contribution in [0.2, 0.25) is 5.02 Å². The summed E-state index contributed by atoms with van der Waals surface area (Å²) < 4.78 is 40.4. The fourth-order valence-corrected chi connectivity index (χ4v) is 3.16. The van der Waals surface area contributed by atoms with Crippen molar-refractivity contribution in [3.05, 3.63) is 52.7 Å². The van der Waals surface area contributed by atoms with Crippen LogP contribution in [0.4, 0.5) is 19.3 Å². The lowest BCUT2D eigenvalue weighted by Crippen LogP contribution is -2.48. The number of primary amides is 1. The number of nitrogens with one attached hydrogen (secondary N) is 2. The molecule has 0 fully saturated rings. The Labute approximate surface area is 197 Å². The zero-order valence-electron chi connectivity index (χ0n) is 18.3. The number of pyridine rings is 1. The van der Waals surface area contributed by atoms with Gasteiger partial charge >= 0.3 is 6.03 Å². The third kappa shape index (κ3) is 5.10. The van der Waals surface area contributed by atoms with Gasteiger partial charge in [0.25, 0.3) is 5.91 Å². The van der Waals surface area contributed by atoms with Gasteiger partial charge in [-0.3, -0.25) is 9.78 Å². The molecule has 3 aromatic rings. The number of hydrogen-bond acceptors (Lipinski definition) is 6. The number of halogens is 3. The molecule has 3 amide bonds. The molecule has 5 N–H and O–H groups in total. The summed E-state index contributed by atoms with van der Waals surface area (Å²) in [5.74, 6) is -3.92. The number of aliphatic hydroxyl groups excluding tert-OH is 1. The molecule has 0 atom stereocenters. The predicted octanol–water partition coefficient (Wildman–Crippen LogP) is 3.96. The number of amides is 3. The molecule has 0 saturated heterocycles. The number of hydrogen-bond donors (Lipinski definition) is 4. The van der Waals surface area contributed by atoms with Gasteiger partial charge in [0.05, 0.1) is 36.0 Å². The minimum atomic E-state index is -1.27. The summed E-state index contributed by atoms with van der Waals surface area (Å²) in [5.41, 5.74) is 4.38. The van der Waals surface area contributed by atoms with Crippen LogP contribution in [0.5, 0.6) is 17.2 Å². The van der Waals surface area contributed by atoms with E-state index < -0.39 is 39.9 Å². The molecule has 0 aliphatic heterocycles. The summed E-state index contributed by atoms with van der Waals surface area (Å²) in [6.07, 6.45) is 1.33. The minimum Gasteiger partial charge on any atom is -0.496 e. The fraction of sp³-hybridized carbons (Fsp3) is 0.227. The maximum atomic E-state index is 15.0. The number of aromatic nitrogens is 1. The van der Waals surface area contributed by atoms with Crippen LogP contribution in [0, 0.1) is 11.6 Å². The number of rotatable bonds is 7. The number of carbonyl (C=O) groups excluding carboxylic acids is 2. The van der Waals surface area contributed by atoms with Crippen molar-refractivity contribution in [2.75, 3.05) is 19.0 Å². The predicted molar refractivity (Wildman–Crippen MR) is 122 cm³/mol. The molecule has 3 rings (SSSR count). The molecule has 0 aliphatic rings. The Morgan fingerprint density at radius 2 is 1.94 bits per heavy atom. The Morgan fingerprint density at radius 3 is 2.56 bits per heavy atom. The Bertz CT molecular complexity index is 1290. The van der Waals surface area contributed by atoms with Crippen LogP contribution in [-0.2, 0) is 0 Å². The van der Waals surface area contributed by atoms with E-state index in [1.807, 2.05) is 0 Å². The number of carbonyl (C=O) groups is 2. The summed E-state index contributed by atoms with van der Waals surface area (Å²) in [6.45, 7) is 2.72. The van der Waals surface area contributed by atoms with E-state index in [-0.39, 0.29) is 34.7 Å². The second kappa shape index (κ2) is 9.65. The smallest absolute Gasteiger partial charge is 0.319 e. The van der Waals surface area contributed by atoms with Crippen molar-refractivity contribution in [2.45, 2.75) is 19.4 Å². The number of anilines is 1. The normalized spacial score (nSPS) is 11.3. The third-order valence-corrected chi connectivity index (χ3v) is 5.08. The number of nitrogens with two attached hydrogens (primary N) is 1. The average Bonchev–Trinajstić information content (AvgIpc) is 2.78. The van der Waals surface area contributed by atoms with E-state index in [0.29, 0.717) is 5.52 Å². The first kappa shape index (κ1) is 24.9. The standard InChI is InChI=1S/C22H21ClF2N4O5/c1-22(2,9-30)29-21(32)28-14-7-12(24)19(18(25)17(14)23)34-15-4-5-27-13-8-16(33-3)11(20(26)31)6-10(13)15/h4-8,30H,9H2,1-3H3,(H2,26,31)(H2,28,29,32). The van der Waals surface area contributed by atoms with Crippen LogP contribution in [0.3, 0.4) is 0 Å². The number of methoxy groups -OCH3 is 1. The van der Waals surface area contributed by atoms with Crippen LogP contribution >= 0.6 is 11.6 Å². The quantitative estimate of drug-likeness (QED) is 0.367. The van der Waals surface area contributed by atoms with Crippen molar-refractivity contribution in [1.29, 1.82) is 0 Å². The van der Waals surface area contributed by atoms with E-state index in [0.717, 1.165) is 6.07 Å². The van der Waals surface area contributed by atoms with E-state index in [2.05, 4.69) is 15.6 Å². The lowest BCUT2D eigenvalue weighted by molar-refractivity contribution is 0.0997. The van der Waals surface area contributed by atoms with Crippen LogP contribution in [0.25, 0.3) is 10.9 Å². The Hall–Kier alpha value is -3.70. The van der Waals surface area contributed by atoms with Gasteiger partial charge in [0.15, 0.2) is 17.4 Å². The molecule has 180 valence electrons. The minimum absolute atomic E-state index is 0.0168. The SMILES string of the molecule is COc1cc2nccc(Oc3c(F)cc(NC(=O)NC(C)(C)CO)c(Cl)c3F)c2cc1C(N)=O. The first-order valence-corrected chi connectivity index (χ1v) is 10.2. The second-order valence-corrected chi connectivity index (χ2v) is 8.21. The molecule has 2 aromatic carbocycles. The van der Waals surface area contributed by atoms with Crippen LogP contribution in [0.15, 0.2) is 30.5 Å². The number of nitrogens with zero attached hydrogens (tertiary/aromatic N) is 1. The van der Waals surface area contributed by atoms with Gasteiger partial charge in [0.2, 0.25) is 0 Å². The molecule has 1 aromatic heterocycles. The largest absolute Gasteiger partial charge is 0.496 e. The van der Waals surface area contributed by atoms with Gasteiger partial charge in [-0.05, 0) is 26.0 Å². The maximum Gasteiger partial charge on any atom is 0.319 e. The van der Waals surface area contributed by atoms with Gasteiger partial charge in [0, 0.05) is 23.7 Å². The van der Waals surface area contributed by atoms with Crippen molar-refractivity contribution in [3.8, 4) is 17.2 Å². The molecule has 0 saturated carbocycles. The summed E-state index contributed by atoms with van der Waals surface area (Å²) >= 11 is 6.01. The van der Waals surface area contributed by atoms with Crippen molar-refractivity contribution in [2.24, 2.45) is 5.73 Å². The van der Waals surface area contributed by atoms with Gasteiger partial charge in [0.1, 0.15) is 16.5 Å². The molecule has 12 heteroatoms. The van der Waals surface area contributed by atoms with Crippen LogP contribution in [0.1, 0.15) is 24.2 Å². The van der Waals surface area contributed by atoms with E-state index in [1.54, 1.807) is 13.8 Å². The van der Waals surface area contributed by atoms with Crippen molar-refractivity contribution in [3.63, 3.8) is 0 Å². The number of ether oxygens (including phenoxy) is 2. The zero-order valence-corrected chi connectivity index (χ0v) is 19.1. The van der Waals surface area contributed by atoms with Gasteiger partial charge in [-0.2, -0.15) is 0 Å². The summed E-state index contributed by atoms with van der Waals surface area (Å²) in [6, 6.07) is 4.05. The van der Waals surface area contributed by atoms with Gasteiger partial charge < -0.3 is 30.9 Å². The molecule has 0 radical (unpaired) electrons. The highest BCUT2D eigenvalue weighted by atomic mass is 35.5. The second-order valence-electron chi connectivity index (χ2n) is 7.83. The highest BCUT2D eigenvalue weighted by Gasteiger charge is 2.24. The highest BCUT2D eigenvalue weighted by Crippen LogP contribution is 2.39. The number of urea groups is 1. The van der Waals surface area contributed by atoms with E-state index in [4.69, 9.17) is 26.8 Å². The Kier molecular flexibility index (Phi) is 7.08.